The number of alkyl halides is 3. The third-order valence-corrected chi connectivity index (χ3v) is 3.02. The van der Waals surface area contributed by atoms with Crippen molar-refractivity contribution in [2.75, 3.05) is 0 Å². The minimum atomic E-state index is -4.47. The Hall–Kier alpha value is -1.88. The van der Waals surface area contributed by atoms with E-state index in [4.69, 9.17) is 11.6 Å². The summed E-state index contributed by atoms with van der Waals surface area (Å²) in [7, 11) is 0. The van der Waals surface area contributed by atoms with Gasteiger partial charge in [-0.05, 0) is 25.0 Å². The highest BCUT2D eigenvalue weighted by Crippen LogP contribution is 2.36. The van der Waals surface area contributed by atoms with Gasteiger partial charge in [0.2, 0.25) is 0 Å². The fourth-order valence-corrected chi connectivity index (χ4v) is 2.09. The lowest BCUT2D eigenvalue weighted by Gasteiger charge is -2.12. The van der Waals surface area contributed by atoms with Gasteiger partial charge in [0.15, 0.2) is 5.82 Å². The molecule has 0 fully saturated rings. The van der Waals surface area contributed by atoms with Crippen molar-refractivity contribution in [1.82, 2.24) is 9.97 Å². The lowest BCUT2D eigenvalue weighted by molar-refractivity contribution is -0.137. The molecule has 6 heteroatoms. The normalized spacial score (nSPS) is 11.4. The minimum Gasteiger partial charge on any atom is -0.233 e. The first-order chi connectivity index (χ1) is 9.91. The third-order valence-electron chi connectivity index (χ3n) is 2.83. The zero-order chi connectivity index (χ0) is 15.5. The molecule has 0 atom stereocenters. The van der Waals surface area contributed by atoms with E-state index in [0.29, 0.717) is 18.5 Å². The maximum Gasteiger partial charge on any atom is 0.417 e. The van der Waals surface area contributed by atoms with Crippen molar-refractivity contribution in [2.45, 2.75) is 19.0 Å². The highest BCUT2D eigenvalue weighted by Gasteiger charge is 2.34. The molecule has 0 N–H and O–H groups in total. The van der Waals surface area contributed by atoms with E-state index in [1.807, 2.05) is 0 Å². The van der Waals surface area contributed by atoms with E-state index in [1.54, 1.807) is 12.1 Å². The predicted molar refractivity (Wildman–Crippen MR) is 76.0 cm³/mol. The highest BCUT2D eigenvalue weighted by molar-refractivity contribution is 6.29. The molecule has 0 unspecified atom stereocenters. The van der Waals surface area contributed by atoms with E-state index in [-0.39, 0.29) is 16.5 Å². The van der Waals surface area contributed by atoms with Crippen molar-refractivity contribution < 1.29 is 13.2 Å². The number of aromatic nitrogens is 2. The summed E-state index contributed by atoms with van der Waals surface area (Å²) >= 11 is 5.89. The third kappa shape index (κ3) is 3.82. The van der Waals surface area contributed by atoms with E-state index < -0.39 is 11.7 Å². The maximum atomic E-state index is 13.0. The van der Waals surface area contributed by atoms with Gasteiger partial charge in [0.05, 0.1) is 5.56 Å². The molecular formula is C15H12ClF3N2. The van der Waals surface area contributed by atoms with Crippen LogP contribution in [0.4, 0.5) is 13.2 Å². The van der Waals surface area contributed by atoms with Gasteiger partial charge in [-0.2, -0.15) is 13.2 Å². The SMILES string of the molecule is C=CCCc1cc(Cl)nc(-c2ccccc2C(F)(F)F)n1. The molecule has 0 spiro atoms. The van der Waals surface area contributed by atoms with Gasteiger partial charge in [-0.1, -0.05) is 35.9 Å². The molecule has 2 nitrogen and oxygen atoms in total. The number of hydrogen-bond donors (Lipinski definition) is 0. The van der Waals surface area contributed by atoms with Crippen LogP contribution in [-0.2, 0) is 12.6 Å². The van der Waals surface area contributed by atoms with Crippen molar-refractivity contribution in [3.8, 4) is 11.4 Å². The fourth-order valence-electron chi connectivity index (χ4n) is 1.89. The van der Waals surface area contributed by atoms with Crippen molar-refractivity contribution in [1.29, 1.82) is 0 Å². The minimum absolute atomic E-state index is 0.0190. The maximum absolute atomic E-state index is 13.0. The number of halogens is 4. The average Bonchev–Trinajstić information content (AvgIpc) is 2.43. The molecule has 0 saturated carbocycles. The summed E-state index contributed by atoms with van der Waals surface area (Å²) in [5.41, 5.74) is -0.267. The molecule has 0 aliphatic carbocycles. The van der Waals surface area contributed by atoms with Gasteiger partial charge in [-0.15, -0.1) is 6.58 Å². The molecule has 0 bridgehead atoms. The highest BCUT2D eigenvalue weighted by atomic mass is 35.5. The summed E-state index contributed by atoms with van der Waals surface area (Å²) < 4.78 is 39.1. The smallest absolute Gasteiger partial charge is 0.233 e. The van der Waals surface area contributed by atoms with Crippen molar-refractivity contribution >= 4 is 11.6 Å². The van der Waals surface area contributed by atoms with Crippen LogP contribution in [0.3, 0.4) is 0 Å². The van der Waals surface area contributed by atoms with Gasteiger partial charge < -0.3 is 0 Å². The Morgan fingerprint density at radius 3 is 2.57 bits per heavy atom. The molecule has 1 aromatic carbocycles. The van der Waals surface area contributed by atoms with Gasteiger partial charge >= 0.3 is 6.18 Å². The molecule has 21 heavy (non-hydrogen) atoms. The molecule has 0 aliphatic heterocycles. The van der Waals surface area contributed by atoms with Gasteiger partial charge in [-0.3, -0.25) is 0 Å². The number of benzene rings is 1. The summed E-state index contributed by atoms with van der Waals surface area (Å²) in [6.45, 7) is 3.60. The first-order valence-corrected chi connectivity index (χ1v) is 6.60. The summed E-state index contributed by atoms with van der Waals surface area (Å²) in [4.78, 5) is 8.09. The van der Waals surface area contributed by atoms with Crippen molar-refractivity contribution in [3.63, 3.8) is 0 Å². The second-order valence-electron chi connectivity index (χ2n) is 4.38. The van der Waals surface area contributed by atoms with Crippen LogP contribution in [0.5, 0.6) is 0 Å². The van der Waals surface area contributed by atoms with Crippen LogP contribution in [0.2, 0.25) is 5.15 Å². The summed E-state index contributed by atoms with van der Waals surface area (Å²) in [6, 6.07) is 6.73. The molecule has 2 rings (SSSR count). The standard InChI is InChI=1S/C15H12ClF3N2/c1-2-3-6-10-9-13(16)21-14(20-10)11-7-4-5-8-12(11)15(17,18)19/h2,4-5,7-9H,1,3,6H2. The number of allylic oxidation sites excluding steroid dienone is 1. The van der Waals surface area contributed by atoms with Crippen LogP contribution in [0.25, 0.3) is 11.4 Å². The monoisotopic (exact) mass is 312 g/mol. The Balaban J connectivity index is 2.52. The quantitative estimate of drug-likeness (QED) is 0.590. The van der Waals surface area contributed by atoms with E-state index >= 15 is 0 Å². The molecule has 0 radical (unpaired) electrons. The first kappa shape index (κ1) is 15.5. The average molecular weight is 313 g/mol. The summed E-state index contributed by atoms with van der Waals surface area (Å²) in [5, 5.41) is 0.121. The first-order valence-electron chi connectivity index (χ1n) is 6.23. The Morgan fingerprint density at radius 2 is 1.90 bits per heavy atom. The van der Waals surface area contributed by atoms with Gasteiger partial charge in [0.25, 0.3) is 0 Å². The van der Waals surface area contributed by atoms with Crippen LogP contribution < -0.4 is 0 Å². The summed E-state index contributed by atoms with van der Waals surface area (Å²) in [5.74, 6) is -0.0190. The van der Waals surface area contributed by atoms with Crippen LogP contribution in [-0.4, -0.2) is 9.97 Å². The molecular weight excluding hydrogens is 301 g/mol. The van der Waals surface area contributed by atoms with Crippen LogP contribution in [0.1, 0.15) is 17.7 Å². The number of aryl methyl sites for hydroxylation is 1. The molecule has 1 aromatic heterocycles. The van der Waals surface area contributed by atoms with E-state index in [1.165, 1.54) is 18.2 Å². The Kier molecular flexibility index (Phi) is 4.63. The van der Waals surface area contributed by atoms with Crippen molar-refractivity contribution in [3.05, 3.63) is 59.4 Å². The van der Waals surface area contributed by atoms with E-state index in [9.17, 15) is 13.2 Å². The second kappa shape index (κ2) is 6.26. The Morgan fingerprint density at radius 1 is 1.19 bits per heavy atom. The molecule has 0 amide bonds. The molecule has 110 valence electrons. The second-order valence-corrected chi connectivity index (χ2v) is 4.76. The number of rotatable bonds is 4. The number of hydrogen-bond acceptors (Lipinski definition) is 2. The lowest BCUT2D eigenvalue weighted by atomic mass is 10.1. The zero-order valence-corrected chi connectivity index (χ0v) is 11.7. The molecule has 1 heterocycles. The fraction of sp³-hybridized carbons (Fsp3) is 0.200. The van der Waals surface area contributed by atoms with E-state index in [0.717, 1.165) is 6.07 Å². The van der Waals surface area contributed by atoms with Crippen molar-refractivity contribution in [2.24, 2.45) is 0 Å². The zero-order valence-electron chi connectivity index (χ0n) is 11.0. The van der Waals surface area contributed by atoms with Gasteiger partial charge in [0.1, 0.15) is 5.15 Å². The molecule has 0 aliphatic rings. The van der Waals surface area contributed by atoms with Gasteiger partial charge in [-0.25, -0.2) is 9.97 Å². The number of nitrogens with zero attached hydrogens (tertiary/aromatic N) is 2. The van der Waals surface area contributed by atoms with Gasteiger partial charge in [0, 0.05) is 11.3 Å². The Labute approximate surface area is 125 Å². The largest absolute Gasteiger partial charge is 0.417 e. The topological polar surface area (TPSA) is 25.8 Å². The van der Waals surface area contributed by atoms with Crippen LogP contribution >= 0.6 is 11.6 Å². The van der Waals surface area contributed by atoms with E-state index in [2.05, 4.69) is 16.5 Å². The summed E-state index contributed by atoms with van der Waals surface area (Å²) in [6.07, 6.45) is -1.55. The Bertz CT molecular complexity index is 654. The molecule has 0 saturated heterocycles. The predicted octanol–water partition coefficient (Wildman–Crippen LogP) is 4.93. The van der Waals surface area contributed by atoms with Crippen LogP contribution in [0, 0.1) is 0 Å². The molecule has 2 aromatic rings. The lowest BCUT2D eigenvalue weighted by Crippen LogP contribution is -2.08. The van der Waals surface area contributed by atoms with Crippen LogP contribution in [0.15, 0.2) is 43.0 Å².